The number of anilines is 1. The van der Waals surface area contributed by atoms with Gasteiger partial charge in [-0.05, 0) is 60.2 Å². The number of hydrogen-bond donors (Lipinski definition) is 1. The average molecular weight is 292 g/mol. The van der Waals surface area contributed by atoms with Crippen molar-refractivity contribution in [3.8, 4) is 11.4 Å². The van der Waals surface area contributed by atoms with Crippen molar-refractivity contribution >= 4 is 17.3 Å². The SMILES string of the molecule is CC1CCC(n2nnnc2-c2ccc(N)c(Cl)c2)CC1. The molecule has 0 radical (unpaired) electrons. The van der Waals surface area contributed by atoms with Gasteiger partial charge in [-0.1, -0.05) is 18.5 Å². The summed E-state index contributed by atoms with van der Waals surface area (Å²) in [5.74, 6) is 1.57. The van der Waals surface area contributed by atoms with Crippen molar-refractivity contribution in [3.63, 3.8) is 0 Å². The summed E-state index contributed by atoms with van der Waals surface area (Å²) in [6.45, 7) is 2.30. The maximum atomic E-state index is 6.09. The van der Waals surface area contributed by atoms with Gasteiger partial charge in [0.2, 0.25) is 0 Å². The van der Waals surface area contributed by atoms with Gasteiger partial charge < -0.3 is 5.73 Å². The van der Waals surface area contributed by atoms with Gasteiger partial charge in [0.1, 0.15) is 0 Å². The largest absolute Gasteiger partial charge is 0.398 e. The van der Waals surface area contributed by atoms with Gasteiger partial charge in [-0.15, -0.1) is 5.10 Å². The van der Waals surface area contributed by atoms with Crippen LogP contribution in [0.25, 0.3) is 11.4 Å². The van der Waals surface area contributed by atoms with Crippen LogP contribution in [0.1, 0.15) is 38.6 Å². The molecule has 1 aromatic heterocycles. The van der Waals surface area contributed by atoms with Crippen LogP contribution in [0.3, 0.4) is 0 Å². The quantitative estimate of drug-likeness (QED) is 0.862. The van der Waals surface area contributed by atoms with Crippen LogP contribution in [0, 0.1) is 5.92 Å². The Hall–Kier alpha value is -1.62. The fraction of sp³-hybridized carbons (Fsp3) is 0.500. The maximum absolute atomic E-state index is 6.09. The van der Waals surface area contributed by atoms with Crippen LogP contribution in [-0.4, -0.2) is 20.2 Å². The molecule has 1 aliphatic carbocycles. The Morgan fingerprint density at radius 2 is 2.00 bits per heavy atom. The molecule has 0 unspecified atom stereocenters. The van der Waals surface area contributed by atoms with E-state index in [1.54, 1.807) is 6.07 Å². The molecule has 1 heterocycles. The van der Waals surface area contributed by atoms with E-state index in [9.17, 15) is 0 Å². The summed E-state index contributed by atoms with van der Waals surface area (Å²) in [6.07, 6.45) is 4.71. The number of nitrogen functional groups attached to an aromatic ring is 1. The van der Waals surface area contributed by atoms with Crippen LogP contribution in [0.2, 0.25) is 5.02 Å². The Morgan fingerprint density at radius 1 is 1.25 bits per heavy atom. The van der Waals surface area contributed by atoms with E-state index in [1.165, 1.54) is 12.8 Å². The maximum Gasteiger partial charge on any atom is 0.182 e. The highest BCUT2D eigenvalue weighted by atomic mass is 35.5. The van der Waals surface area contributed by atoms with Crippen molar-refractivity contribution in [3.05, 3.63) is 23.2 Å². The minimum absolute atomic E-state index is 0.382. The molecular formula is C14H18ClN5. The van der Waals surface area contributed by atoms with Crippen molar-refractivity contribution in [2.24, 2.45) is 5.92 Å². The fourth-order valence-electron chi connectivity index (χ4n) is 2.78. The molecule has 106 valence electrons. The second kappa shape index (κ2) is 5.40. The number of aromatic nitrogens is 4. The van der Waals surface area contributed by atoms with Gasteiger partial charge in [-0.25, -0.2) is 4.68 Å². The molecule has 1 aromatic carbocycles. The average Bonchev–Trinajstić information content (AvgIpc) is 2.92. The Balaban J connectivity index is 1.91. The van der Waals surface area contributed by atoms with Crippen LogP contribution >= 0.6 is 11.6 Å². The summed E-state index contributed by atoms with van der Waals surface area (Å²) in [7, 11) is 0. The van der Waals surface area contributed by atoms with Crippen LogP contribution in [0.15, 0.2) is 18.2 Å². The first-order chi connectivity index (χ1) is 9.65. The zero-order valence-electron chi connectivity index (χ0n) is 11.5. The van der Waals surface area contributed by atoms with E-state index >= 15 is 0 Å². The van der Waals surface area contributed by atoms with Gasteiger partial charge >= 0.3 is 0 Å². The van der Waals surface area contributed by atoms with Gasteiger partial charge in [0.25, 0.3) is 0 Å². The minimum Gasteiger partial charge on any atom is -0.398 e. The monoisotopic (exact) mass is 291 g/mol. The van der Waals surface area contributed by atoms with Crippen LogP contribution in [-0.2, 0) is 0 Å². The molecule has 1 fully saturated rings. The highest BCUT2D eigenvalue weighted by Gasteiger charge is 2.23. The predicted molar refractivity (Wildman–Crippen MR) is 79.3 cm³/mol. The molecule has 1 saturated carbocycles. The van der Waals surface area contributed by atoms with Crippen molar-refractivity contribution in [1.29, 1.82) is 0 Å². The van der Waals surface area contributed by atoms with E-state index in [2.05, 4.69) is 22.4 Å². The third-order valence-corrected chi connectivity index (χ3v) is 4.41. The molecule has 0 aliphatic heterocycles. The van der Waals surface area contributed by atoms with Crippen molar-refractivity contribution in [1.82, 2.24) is 20.2 Å². The van der Waals surface area contributed by atoms with Gasteiger partial charge in [0.15, 0.2) is 5.82 Å². The van der Waals surface area contributed by atoms with Crippen molar-refractivity contribution in [2.45, 2.75) is 38.6 Å². The number of tetrazole rings is 1. The summed E-state index contributed by atoms with van der Waals surface area (Å²) in [6, 6.07) is 5.91. The number of hydrogen-bond acceptors (Lipinski definition) is 4. The van der Waals surface area contributed by atoms with Crippen molar-refractivity contribution in [2.75, 3.05) is 5.73 Å². The summed E-state index contributed by atoms with van der Waals surface area (Å²) < 4.78 is 1.94. The number of nitrogens with two attached hydrogens (primary N) is 1. The zero-order valence-corrected chi connectivity index (χ0v) is 12.2. The van der Waals surface area contributed by atoms with Gasteiger partial charge in [-0.2, -0.15) is 0 Å². The van der Waals surface area contributed by atoms with E-state index in [1.807, 2.05) is 16.8 Å². The highest BCUT2D eigenvalue weighted by Crippen LogP contribution is 2.34. The lowest BCUT2D eigenvalue weighted by molar-refractivity contribution is 0.272. The number of nitrogens with zero attached hydrogens (tertiary/aromatic N) is 4. The lowest BCUT2D eigenvalue weighted by Crippen LogP contribution is -2.18. The zero-order chi connectivity index (χ0) is 14.1. The summed E-state index contributed by atoms with van der Waals surface area (Å²) in [4.78, 5) is 0. The Labute approximate surface area is 123 Å². The van der Waals surface area contributed by atoms with E-state index in [4.69, 9.17) is 17.3 Å². The fourth-order valence-corrected chi connectivity index (χ4v) is 2.96. The van der Waals surface area contributed by atoms with Crippen molar-refractivity contribution < 1.29 is 0 Å². The van der Waals surface area contributed by atoms with E-state index in [0.29, 0.717) is 16.8 Å². The standard InChI is InChI=1S/C14H18ClN5/c1-9-2-5-11(6-3-9)20-14(17-18-19-20)10-4-7-13(16)12(15)8-10/h4,7-9,11H,2-3,5-6,16H2,1H3. The van der Waals surface area contributed by atoms with Crippen LogP contribution in [0.4, 0.5) is 5.69 Å². The number of benzene rings is 1. The smallest absolute Gasteiger partial charge is 0.182 e. The number of rotatable bonds is 2. The molecule has 1 aliphatic rings. The molecule has 0 spiro atoms. The lowest BCUT2D eigenvalue weighted by Gasteiger charge is -2.26. The second-order valence-corrected chi connectivity index (χ2v) is 6.00. The van der Waals surface area contributed by atoms with E-state index in [-0.39, 0.29) is 0 Å². The molecule has 2 aromatic rings. The molecular weight excluding hydrogens is 274 g/mol. The van der Waals surface area contributed by atoms with E-state index in [0.717, 1.165) is 30.1 Å². The van der Waals surface area contributed by atoms with E-state index < -0.39 is 0 Å². The second-order valence-electron chi connectivity index (χ2n) is 5.60. The summed E-state index contributed by atoms with van der Waals surface area (Å²) >= 11 is 6.09. The van der Waals surface area contributed by atoms with Gasteiger partial charge in [0, 0.05) is 5.56 Å². The first-order valence-corrected chi connectivity index (χ1v) is 7.36. The first kappa shape index (κ1) is 13.4. The van der Waals surface area contributed by atoms with Crippen LogP contribution in [0.5, 0.6) is 0 Å². The third kappa shape index (κ3) is 2.50. The molecule has 2 N–H and O–H groups in total. The van der Waals surface area contributed by atoms with Gasteiger partial charge in [-0.3, -0.25) is 0 Å². The highest BCUT2D eigenvalue weighted by molar-refractivity contribution is 6.33. The van der Waals surface area contributed by atoms with Crippen LogP contribution < -0.4 is 5.73 Å². The molecule has 5 nitrogen and oxygen atoms in total. The molecule has 6 heteroatoms. The Kier molecular flexibility index (Phi) is 3.61. The Bertz CT molecular complexity index is 601. The molecule has 0 saturated heterocycles. The Morgan fingerprint density at radius 3 is 2.70 bits per heavy atom. The molecule has 3 rings (SSSR count). The molecule has 0 bridgehead atoms. The van der Waals surface area contributed by atoms with Gasteiger partial charge in [0.05, 0.1) is 16.8 Å². The minimum atomic E-state index is 0.382. The third-order valence-electron chi connectivity index (χ3n) is 4.08. The first-order valence-electron chi connectivity index (χ1n) is 6.98. The lowest BCUT2D eigenvalue weighted by atomic mass is 9.87. The number of halogens is 1. The normalized spacial score (nSPS) is 22.9. The summed E-state index contributed by atoms with van der Waals surface area (Å²) in [5.41, 5.74) is 7.23. The summed E-state index contributed by atoms with van der Waals surface area (Å²) in [5, 5.41) is 12.7. The molecule has 0 atom stereocenters. The predicted octanol–water partition coefficient (Wildman–Crippen LogP) is 3.33. The molecule has 0 amide bonds. The molecule has 20 heavy (non-hydrogen) atoms. The topological polar surface area (TPSA) is 69.6 Å².